The van der Waals surface area contributed by atoms with E-state index < -0.39 is 75.9 Å². The first kappa shape index (κ1) is 34.6. The van der Waals surface area contributed by atoms with Crippen LogP contribution in [0.25, 0.3) is 22.3 Å². The summed E-state index contributed by atoms with van der Waals surface area (Å²) >= 11 is 9.28. The molecule has 2 unspecified atom stereocenters. The summed E-state index contributed by atoms with van der Waals surface area (Å²) in [6, 6.07) is 0. The molecule has 6 N–H and O–H groups in total. The van der Waals surface area contributed by atoms with E-state index >= 15 is 8.78 Å². The summed E-state index contributed by atoms with van der Waals surface area (Å²) < 4.78 is 82.8. The average Bonchev–Trinajstić information content (AvgIpc) is 3.81. The van der Waals surface area contributed by atoms with Gasteiger partial charge in [-0.25, -0.2) is 43.2 Å². The van der Waals surface area contributed by atoms with Crippen molar-refractivity contribution in [2.45, 2.75) is 49.2 Å². The Morgan fingerprint density at radius 2 is 1.31 bits per heavy atom. The highest BCUT2D eigenvalue weighted by molar-refractivity contribution is 8.44. The monoisotopic (exact) mass is 763 g/mol. The van der Waals surface area contributed by atoms with Crippen LogP contribution in [0.4, 0.5) is 20.4 Å². The molecule has 0 aromatic carbocycles. The Hall–Kier alpha value is -2.79. The molecule has 25 heteroatoms. The molecule has 49 heavy (non-hydrogen) atoms. The zero-order valence-electron chi connectivity index (χ0n) is 25.0. The fourth-order valence-corrected chi connectivity index (χ4v) is 8.79. The Morgan fingerprint density at radius 1 is 0.816 bits per heavy atom. The second-order valence-corrected chi connectivity index (χ2v) is 16.7. The molecular weight excluding hydrogens is 734 g/mol. The van der Waals surface area contributed by atoms with Gasteiger partial charge in [0.2, 0.25) is 0 Å². The minimum absolute atomic E-state index is 0. The normalized spacial score (nSPS) is 37.2. The predicted molar refractivity (Wildman–Crippen MR) is 174 cm³/mol. The van der Waals surface area contributed by atoms with Gasteiger partial charge in [-0.05, 0) is 11.8 Å². The number of aromatic nitrogens is 8. The van der Waals surface area contributed by atoms with Crippen molar-refractivity contribution in [3.05, 3.63) is 37.5 Å². The number of rotatable bonds is 0. The highest BCUT2D eigenvalue weighted by Gasteiger charge is 2.54. The molecule has 14 bridgehead atoms. The van der Waals surface area contributed by atoms with Crippen molar-refractivity contribution < 1.29 is 45.8 Å². The molecule has 19 nitrogen and oxygen atoms in total. The summed E-state index contributed by atoms with van der Waals surface area (Å²) in [5.41, 5.74) is 1.09. The van der Waals surface area contributed by atoms with Crippen molar-refractivity contribution in [2.24, 2.45) is 0 Å². The number of nitrogens with one attached hydrogen (secondary N) is 2. The lowest BCUT2D eigenvalue weighted by atomic mass is 10.1. The molecule has 9 rings (SSSR count). The Labute approximate surface area is 285 Å². The maximum Gasteiger partial charge on any atom is 0.386 e. The number of ether oxygens (including phenoxy) is 2. The number of nitrogens with zero attached hydrogens (tertiary/aromatic N) is 8. The Bertz CT molecular complexity index is 1860. The molecule has 264 valence electrons. The van der Waals surface area contributed by atoms with Crippen LogP contribution in [0, 0.1) is 0 Å². The number of fused-ring (bicyclic) bond motifs is 10. The van der Waals surface area contributed by atoms with Crippen LogP contribution in [0.2, 0.25) is 0 Å². The molecule has 0 saturated carbocycles. The minimum Gasteiger partial charge on any atom is -0.365 e. The van der Waals surface area contributed by atoms with E-state index in [1.807, 2.05) is 12.2 Å². The van der Waals surface area contributed by atoms with Gasteiger partial charge in [-0.2, -0.15) is 0 Å². The van der Waals surface area contributed by atoms with Crippen LogP contribution in [0.1, 0.15) is 12.5 Å². The molecule has 5 aliphatic rings. The molecule has 4 aromatic rings. The maximum atomic E-state index is 16.2. The molecule has 4 aromatic heterocycles. The van der Waals surface area contributed by atoms with Crippen molar-refractivity contribution in [2.75, 3.05) is 36.9 Å². The van der Waals surface area contributed by atoms with Crippen LogP contribution in [-0.2, 0) is 43.9 Å². The molecule has 0 aliphatic carbocycles. The molecule has 3 fully saturated rings. The zero-order chi connectivity index (χ0) is 33.2. The molecule has 0 radical (unpaired) electrons. The van der Waals surface area contributed by atoms with Crippen LogP contribution in [0.15, 0.2) is 37.5 Å². The molecule has 5 aliphatic heterocycles. The minimum atomic E-state index is -4.38. The van der Waals surface area contributed by atoms with Crippen LogP contribution < -0.4 is 16.8 Å². The quantitative estimate of drug-likeness (QED) is 0.0983. The fourth-order valence-electron chi connectivity index (χ4n) is 5.87. The molecule has 10 atom stereocenters. The van der Waals surface area contributed by atoms with Crippen LogP contribution in [-0.4, -0.2) is 107 Å². The fraction of sp³-hybridized carbons (Fsp3) is 0.500. The number of halogens is 2. The predicted octanol–water partition coefficient (Wildman–Crippen LogP) is 2.76. The first-order chi connectivity index (χ1) is 23.1. The second-order valence-electron chi connectivity index (χ2n) is 11.0. The van der Waals surface area contributed by atoms with E-state index in [9.17, 15) is 9.46 Å². The highest BCUT2D eigenvalue weighted by atomic mass is 32.7. The van der Waals surface area contributed by atoms with Gasteiger partial charge in [0.15, 0.2) is 58.8 Å². The first-order valence-corrected chi connectivity index (χ1v) is 19.8. The smallest absolute Gasteiger partial charge is 0.365 e. The number of alkyl halides is 2. The topological polar surface area (TPSA) is 239 Å². The molecule has 0 spiro atoms. The standard InChI is InChI=1S/C24H26F2N10O8P2S2.H3N/c25-13-17-11-5-39-46(38,48)44-18-12(6-40-45(37,47)43-17)42-24(14(18)26)36-10-34-16-20(30-8-32-22(16)36)28-4-2-1-3-27-19-15-21(31-7-29-19)35(9-33-15)23(13)41-11;/h1-2,7-14,17-18,23-24H,3-6H2,(H,37,47)(H,38,48)(H,27,29,31)(H,28,30,32);1H3/b2-1-;/t11-,12-,13-,14-,17-,18-,23-,24-,45?,46?;/m1./s1. The number of hydrogen-bond donors (Lipinski definition) is 5. The van der Waals surface area contributed by atoms with Crippen LogP contribution in [0.5, 0.6) is 0 Å². The van der Waals surface area contributed by atoms with Crippen molar-refractivity contribution in [3.63, 3.8) is 0 Å². The van der Waals surface area contributed by atoms with Gasteiger partial charge < -0.3 is 35.7 Å². The maximum absolute atomic E-state index is 16.2. The van der Waals surface area contributed by atoms with Gasteiger partial charge in [0.25, 0.3) is 0 Å². The number of hydrogen-bond acceptors (Lipinski definition) is 17. The van der Waals surface area contributed by atoms with E-state index in [0.717, 1.165) is 0 Å². The van der Waals surface area contributed by atoms with Crippen molar-refractivity contribution in [1.82, 2.24) is 45.2 Å². The lowest BCUT2D eigenvalue weighted by Gasteiger charge is -2.29. The van der Waals surface area contributed by atoms with E-state index in [-0.39, 0.29) is 17.4 Å². The summed E-state index contributed by atoms with van der Waals surface area (Å²) in [5.74, 6) is 0.753. The van der Waals surface area contributed by atoms with E-state index in [4.69, 9.17) is 39.4 Å². The lowest BCUT2D eigenvalue weighted by molar-refractivity contribution is -0.0564. The average molecular weight is 764 g/mol. The van der Waals surface area contributed by atoms with Gasteiger partial charge in [0.05, 0.1) is 25.9 Å². The SMILES string of the molecule is N.O=P1(S)OC[C@H]2O[C@@H]3[C@H](F)[C@@H]2OP(O)(=S)OC[C@H]2O[C@H]([C@H](F)[C@@H]2O1)n1cnc2c(ncnc21)NC/C=C\CNc1ncnc2c1ncn23. The molecule has 3 saturated heterocycles. The van der Waals surface area contributed by atoms with Gasteiger partial charge in [0.1, 0.15) is 37.1 Å². The van der Waals surface area contributed by atoms with Crippen molar-refractivity contribution in [1.29, 1.82) is 0 Å². The summed E-state index contributed by atoms with van der Waals surface area (Å²) in [7, 11) is 0. The second kappa shape index (κ2) is 13.4. The summed E-state index contributed by atoms with van der Waals surface area (Å²) in [5, 5.41) is 6.30. The van der Waals surface area contributed by atoms with Gasteiger partial charge in [-0.15, -0.1) is 0 Å². The molecular formula is C24H29F2N11O8P2S2. The zero-order valence-corrected chi connectivity index (χ0v) is 28.5. The number of anilines is 2. The van der Waals surface area contributed by atoms with Gasteiger partial charge in [-0.3, -0.25) is 22.7 Å². The molecule has 9 heterocycles. The first-order valence-electron chi connectivity index (χ1n) is 14.5. The highest BCUT2D eigenvalue weighted by Crippen LogP contribution is 2.58. The van der Waals surface area contributed by atoms with E-state index in [1.165, 1.54) is 34.4 Å². The van der Waals surface area contributed by atoms with Gasteiger partial charge in [0, 0.05) is 13.1 Å². The van der Waals surface area contributed by atoms with Gasteiger partial charge in [-0.1, -0.05) is 24.4 Å². The largest absolute Gasteiger partial charge is 0.386 e. The van der Waals surface area contributed by atoms with Gasteiger partial charge >= 0.3 is 13.5 Å². The van der Waals surface area contributed by atoms with E-state index in [0.29, 0.717) is 35.8 Å². The summed E-state index contributed by atoms with van der Waals surface area (Å²) in [6.45, 7) is -9.13. The van der Waals surface area contributed by atoms with Crippen LogP contribution in [0.3, 0.4) is 0 Å². The summed E-state index contributed by atoms with van der Waals surface area (Å²) in [4.78, 5) is 36.8. The van der Waals surface area contributed by atoms with Crippen molar-refractivity contribution in [3.8, 4) is 0 Å². The van der Waals surface area contributed by atoms with E-state index in [2.05, 4.69) is 52.8 Å². The van der Waals surface area contributed by atoms with Crippen molar-refractivity contribution >= 4 is 71.5 Å². The van der Waals surface area contributed by atoms with Crippen LogP contribution >= 0.6 is 25.8 Å². The van der Waals surface area contributed by atoms with E-state index in [1.54, 1.807) is 0 Å². The lowest BCUT2D eigenvalue weighted by Crippen LogP contribution is -2.37. The number of thiol groups is 1. The number of imidazole rings is 2. The third-order valence-corrected chi connectivity index (χ3v) is 11.2. The molecule has 0 amide bonds. The Morgan fingerprint density at radius 3 is 1.84 bits per heavy atom. The Kier molecular flexibility index (Phi) is 9.47. The Balaban J connectivity index is 0.00000378. The third-order valence-electron chi connectivity index (χ3n) is 8.05. The third kappa shape index (κ3) is 6.47. The summed E-state index contributed by atoms with van der Waals surface area (Å²) in [6.07, 6.45) is -3.72.